The fourth-order valence-corrected chi connectivity index (χ4v) is 5.40. The van der Waals surface area contributed by atoms with Crippen LogP contribution in [0.15, 0.2) is 11.0 Å². The first-order valence-corrected chi connectivity index (χ1v) is 8.94. The second-order valence-corrected chi connectivity index (χ2v) is 7.67. The topological polar surface area (TPSA) is 55.8 Å². The van der Waals surface area contributed by atoms with Crippen molar-refractivity contribution in [1.29, 1.82) is 0 Å². The number of sulfonamides is 1. The van der Waals surface area contributed by atoms with Gasteiger partial charge in [-0.2, -0.15) is 4.31 Å². The number of rotatable bonds is 5. The predicted molar refractivity (Wildman–Crippen MR) is 86.0 cm³/mol. The van der Waals surface area contributed by atoms with Crippen molar-refractivity contribution in [3.8, 4) is 5.75 Å². The second kappa shape index (κ2) is 6.56. The number of hydrogen-bond acceptors (Lipinski definition) is 4. The number of ether oxygens (including phenoxy) is 2. The third-order valence-electron chi connectivity index (χ3n) is 4.45. The quantitative estimate of drug-likeness (QED) is 0.833. The Morgan fingerprint density at radius 1 is 1.23 bits per heavy atom. The Morgan fingerprint density at radius 3 is 2.50 bits per heavy atom. The van der Waals surface area contributed by atoms with Crippen molar-refractivity contribution in [2.75, 3.05) is 27.4 Å². The zero-order valence-corrected chi connectivity index (χ0v) is 14.8. The van der Waals surface area contributed by atoms with Crippen molar-refractivity contribution in [2.24, 2.45) is 0 Å². The molecule has 6 heteroatoms. The van der Waals surface area contributed by atoms with E-state index in [9.17, 15) is 8.42 Å². The van der Waals surface area contributed by atoms with Gasteiger partial charge in [0.2, 0.25) is 10.0 Å². The molecule has 0 saturated carbocycles. The molecule has 22 heavy (non-hydrogen) atoms. The molecule has 1 saturated heterocycles. The van der Waals surface area contributed by atoms with Gasteiger partial charge < -0.3 is 9.47 Å². The molecule has 0 aliphatic carbocycles. The van der Waals surface area contributed by atoms with Crippen molar-refractivity contribution < 1.29 is 17.9 Å². The molecule has 1 aliphatic heterocycles. The Kier molecular flexibility index (Phi) is 5.14. The van der Waals surface area contributed by atoms with Gasteiger partial charge in [0.25, 0.3) is 0 Å². The van der Waals surface area contributed by atoms with Gasteiger partial charge in [-0.3, -0.25) is 0 Å². The van der Waals surface area contributed by atoms with Gasteiger partial charge in [0.15, 0.2) is 0 Å². The highest BCUT2D eigenvalue weighted by atomic mass is 32.2. The fourth-order valence-electron chi connectivity index (χ4n) is 3.23. The largest absolute Gasteiger partial charge is 0.496 e. The fraction of sp³-hybridized carbons (Fsp3) is 0.625. The maximum absolute atomic E-state index is 13.1. The van der Waals surface area contributed by atoms with Gasteiger partial charge in [-0.1, -0.05) is 0 Å². The van der Waals surface area contributed by atoms with Crippen LogP contribution in [0.3, 0.4) is 0 Å². The molecule has 1 fully saturated rings. The van der Waals surface area contributed by atoms with Crippen LogP contribution in [0.25, 0.3) is 0 Å². The lowest BCUT2D eigenvalue weighted by Gasteiger charge is -2.26. The Morgan fingerprint density at radius 2 is 1.91 bits per heavy atom. The van der Waals surface area contributed by atoms with Gasteiger partial charge in [-0.05, 0) is 56.4 Å². The van der Waals surface area contributed by atoms with Crippen molar-refractivity contribution in [1.82, 2.24) is 4.31 Å². The average molecular weight is 327 g/mol. The Balaban J connectivity index is 2.53. The monoisotopic (exact) mass is 327 g/mol. The summed E-state index contributed by atoms with van der Waals surface area (Å²) in [4.78, 5) is 0.411. The summed E-state index contributed by atoms with van der Waals surface area (Å²) in [6.07, 6.45) is 1.72. The van der Waals surface area contributed by atoms with Crippen LogP contribution in [0, 0.1) is 20.8 Å². The number of benzene rings is 1. The molecule has 0 N–H and O–H groups in total. The number of methoxy groups -OCH3 is 2. The molecule has 0 spiro atoms. The maximum atomic E-state index is 13.1. The minimum absolute atomic E-state index is 0.0730. The summed E-state index contributed by atoms with van der Waals surface area (Å²) in [5, 5.41) is 0. The van der Waals surface area contributed by atoms with Gasteiger partial charge in [0.05, 0.1) is 18.6 Å². The third-order valence-corrected chi connectivity index (χ3v) is 6.69. The van der Waals surface area contributed by atoms with E-state index in [1.165, 1.54) is 0 Å². The van der Waals surface area contributed by atoms with Gasteiger partial charge >= 0.3 is 0 Å². The van der Waals surface area contributed by atoms with Crippen LogP contribution in [0.4, 0.5) is 0 Å². The van der Waals surface area contributed by atoms with Crippen molar-refractivity contribution in [2.45, 2.75) is 44.6 Å². The molecular formula is C16H25NO4S. The van der Waals surface area contributed by atoms with Gasteiger partial charge in [0.1, 0.15) is 5.75 Å². The standard InChI is InChI=1S/C16H25NO4S/c1-11-9-15(21-5)12(2)13(3)16(11)22(18,19)17-8-6-7-14(17)10-20-4/h9,14H,6-8,10H2,1-5H3. The lowest BCUT2D eigenvalue weighted by molar-refractivity contribution is 0.149. The van der Waals surface area contributed by atoms with Crippen LogP contribution in [0.5, 0.6) is 5.75 Å². The molecule has 5 nitrogen and oxygen atoms in total. The molecule has 0 radical (unpaired) electrons. The van der Waals surface area contributed by atoms with Crippen LogP contribution in [-0.2, 0) is 14.8 Å². The smallest absolute Gasteiger partial charge is 0.243 e. The minimum atomic E-state index is -3.52. The van der Waals surface area contributed by atoms with Crippen molar-refractivity contribution >= 4 is 10.0 Å². The van der Waals surface area contributed by atoms with E-state index in [4.69, 9.17) is 9.47 Å². The zero-order chi connectivity index (χ0) is 16.5. The Labute approximate surface area is 133 Å². The molecule has 1 aliphatic rings. The SMILES string of the molecule is COCC1CCCN1S(=O)(=O)c1c(C)cc(OC)c(C)c1C. The molecule has 0 aromatic heterocycles. The van der Waals surface area contributed by atoms with E-state index in [0.717, 1.165) is 35.3 Å². The summed E-state index contributed by atoms with van der Waals surface area (Å²) in [7, 11) is -0.311. The first-order valence-electron chi connectivity index (χ1n) is 7.50. The first-order chi connectivity index (χ1) is 10.3. The summed E-state index contributed by atoms with van der Waals surface area (Å²) in [5.41, 5.74) is 2.36. The Hall–Kier alpha value is -1.11. The van der Waals surface area contributed by atoms with Crippen molar-refractivity contribution in [3.63, 3.8) is 0 Å². The summed E-state index contributed by atoms with van der Waals surface area (Å²) in [5.74, 6) is 0.726. The van der Waals surface area contributed by atoms with Crippen LogP contribution in [0.1, 0.15) is 29.5 Å². The van der Waals surface area contributed by atoms with Gasteiger partial charge in [-0.15, -0.1) is 0 Å². The van der Waals surface area contributed by atoms with E-state index in [2.05, 4.69) is 0 Å². The first kappa shape index (κ1) is 17.2. The minimum Gasteiger partial charge on any atom is -0.496 e. The molecule has 124 valence electrons. The molecule has 1 heterocycles. The molecule has 1 unspecified atom stereocenters. The summed E-state index contributed by atoms with van der Waals surface area (Å²) < 4.78 is 38.4. The average Bonchev–Trinajstić information content (AvgIpc) is 2.92. The van der Waals surface area contributed by atoms with E-state index in [0.29, 0.717) is 18.0 Å². The highest BCUT2D eigenvalue weighted by Gasteiger charge is 2.37. The second-order valence-electron chi connectivity index (χ2n) is 5.84. The van der Waals surface area contributed by atoms with E-state index in [-0.39, 0.29) is 6.04 Å². The normalized spacial score (nSPS) is 19.6. The van der Waals surface area contributed by atoms with Gasteiger partial charge in [-0.25, -0.2) is 8.42 Å². The predicted octanol–water partition coefficient (Wildman–Crippen LogP) is 2.42. The van der Waals surface area contributed by atoms with Crippen LogP contribution < -0.4 is 4.74 Å². The molecular weight excluding hydrogens is 302 g/mol. The third kappa shape index (κ3) is 2.87. The summed E-state index contributed by atoms with van der Waals surface area (Å²) >= 11 is 0. The van der Waals surface area contributed by atoms with E-state index in [1.54, 1.807) is 24.6 Å². The Bertz CT molecular complexity index is 655. The molecule has 1 atom stereocenters. The molecule has 1 aromatic rings. The van der Waals surface area contributed by atoms with Gasteiger partial charge in [0, 0.05) is 19.7 Å². The highest BCUT2D eigenvalue weighted by Crippen LogP contribution is 2.34. The lowest BCUT2D eigenvalue weighted by Crippen LogP contribution is -2.38. The van der Waals surface area contributed by atoms with Crippen LogP contribution in [-0.4, -0.2) is 46.1 Å². The summed E-state index contributed by atoms with van der Waals surface area (Å²) in [6.45, 7) is 6.55. The maximum Gasteiger partial charge on any atom is 0.243 e. The van der Waals surface area contributed by atoms with E-state index in [1.807, 2.05) is 20.8 Å². The molecule has 1 aromatic carbocycles. The number of nitrogens with zero attached hydrogens (tertiary/aromatic N) is 1. The van der Waals surface area contributed by atoms with E-state index < -0.39 is 10.0 Å². The molecule has 0 amide bonds. The number of aryl methyl sites for hydroxylation is 1. The molecule has 2 rings (SSSR count). The van der Waals surface area contributed by atoms with Crippen LogP contribution >= 0.6 is 0 Å². The highest BCUT2D eigenvalue weighted by molar-refractivity contribution is 7.89. The lowest BCUT2D eigenvalue weighted by atomic mass is 10.1. The van der Waals surface area contributed by atoms with Crippen molar-refractivity contribution in [3.05, 3.63) is 22.8 Å². The summed E-state index contributed by atoms with van der Waals surface area (Å²) in [6, 6.07) is 1.73. The van der Waals surface area contributed by atoms with E-state index >= 15 is 0 Å². The van der Waals surface area contributed by atoms with Crippen LogP contribution in [0.2, 0.25) is 0 Å². The molecule has 0 bridgehead atoms. The zero-order valence-electron chi connectivity index (χ0n) is 14.0. The number of hydrogen-bond donors (Lipinski definition) is 0.